The summed E-state index contributed by atoms with van der Waals surface area (Å²) in [6.07, 6.45) is 4.48. The van der Waals surface area contributed by atoms with Crippen LogP contribution in [0, 0.1) is 18.3 Å². The van der Waals surface area contributed by atoms with Gasteiger partial charge >= 0.3 is 0 Å². The monoisotopic (exact) mass is 380 g/mol. The maximum atomic E-state index is 12.7. The number of hydrogen-bond donors (Lipinski definition) is 1. The summed E-state index contributed by atoms with van der Waals surface area (Å²) in [5.41, 5.74) is 4.17. The molecule has 1 fully saturated rings. The van der Waals surface area contributed by atoms with Crippen LogP contribution in [0.1, 0.15) is 64.1 Å². The summed E-state index contributed by atoms with van der Waals surface area (Å²) in [7, 11) is 0. The summed E-state index contributed by atoms with van der Waals surface area (Å²) >= 11 is 0. The predicted molar refractivity (Wildman–Crippen MR) is 115 cm³/mol. The van der Waals surface area contributed by atoms with Crippen LogP contribution in [0.15, 0.2) is 29.3 Å². The number of carbonyl (C=O) groups excluding carboxylic acids is 2. The van der Waals surface area contributed by atoms with E-state index in [4.69, 9.17) is 4.99 Å². The molecule has 1 aromatic heterocycles. The Morgan fingerprint density at radius 3 is 2.54 bits per heavy atom. The number of ketones is 2. The van der Waals surface area contributed by atoms with Crippen LogP contribution < -0.4 is 0 Å². The lowest BCUT2D eigenvalue weighted by Gasteiger charge is -2.32. The normalized spacial score (nSPS) is 18.2. The molecule has 1 heterocycles. The second kappa shape index (κ2) is 8.42. The van der Waals surface area contributed by atoms with Crippen LogP contribution in [0.3, 0.4) is 0 Å². The first-order valence-corrected chi connectivity index (χ1v) is 10.5. The molecule has 0 bridgehead atoms. The third kappa shape index (κ3) is 4.43. The second-order valence-electron chi connectivity index (χ2n) is 8.88. The van der Waals surface area contributed by atoms with Crippen molar-refractivity contribution in [2.45, 2.75) is 66.2 Å². The van der Waals surface area contributed by atoms with E-state index in [1.165, 1.54) is 10.9 Å². The summed E-state index contributed by atoms with van der Waals surface area (Å²) in [6.45, 7) is 8.83. The molecule has 28 heavy (non-hydrogen) atoms. The Morgan fingerprint density at radius 1 is 1.18 bits per heavy atom. The van der Waals surface area contributed by atoms with Crippen LogP contribution in [0.25, 0.3) is 10.9 Å². The van der Waals surface area contributed by atoms with Gasteiger partial charge in [0.1, 0.15) is 17.5 Å². The van der Waals surface area contributed by atoms with Gasteiger partial charge in [-0.1, -0.05) is 45.4 Å². The minimum absolute atomic E-state index is 0.0550. The van der Waals surface area contributed by atoms with Crippen LogP contribution in [0.2, 0.25) is 0 Å². The quantitative estimate of drug-likeness (QED) is 0.528. The van der Waals surface area contributed by atoms with E-state index in [1.54, 1.807) is 0 Å². The zero-order valence-electron chi connectivity index (χ0n) is 17.6. The highest BCUT2D eigenvalue weighted by Gasteiger charge is 2.41. The highest BCUT2D eigenvalue weighted by molar-refractivity contribution is 6.22. The zero-order valence-corrected chi connectivity index (χ0v) is 17.6. The SMILES string of the molecule is CCCCC(=NCCc1c(C)[nH]c2ccccc12)C1C(=O)CC(C)(C)CC1=O. The molecular weight excluding hydrogens is 348 g/mol. The molecule has 0 saturated heterocycles. The number of rotatable bonds is 7. The van der Waals surface area contributed by atoms with Gasteiger partial charge in [0.15, 0.2) is 0 Å². The van der Waals surface area contributed by atoms with E-state index < -0.39 is 5.92 Å². The largest absolute Gasteiger partial charge is 0.358 e. The molecule has 0 aliphatic heterocycles. The summed E-state index contributed by atoms with van der Waals surface area (Å²) in [5.74, 6) is -0.498. The number of benzene rings is 1. The Morgan fingerprint density at radius 2 is 1.86 bits per heavy atom. The molecule has 0 amide bonds. The van der Waals surface area contributed by atoms with Gasteiger partial charge in [0.2, 0.25) is 0 Å². The number of aliphatic imine (C=N–C) groups is 1. The van der Waals surface area contributed by atoms with E-state index in [0.717, 1.165) is 42.6 Å². The minimum Gasteiger partial charge on any atom is -0.358 e. The van der Waals surface area contributed by atoms with Crippen molar-refractivity contribution < 1.29 is 9.59 Å². The lowest BCUT2D eigenvalue weighted by Crippen LogP contribution is -2.42. The fraction of sp³-hybridized carbons (Fsp3) is 0.542. The average molecular weight is 381 g/mol. The molecule has 0 radical (unpaired) electrons. The maximum absolute atomic E-state index is 12.7. The fourth-order valence-electron chi connectivity index (χ4n) is 4.40. The number of fused-ring (bicyclic) bond motifs is 1. The second-order valence-corrected chi connectivity index (χ2v) is 8.88. The Bertz CT molecular complexity index is 884. The predicted octanol–water partition coefficient (Wildman–Crippen LogP) is 5.22. The van der Waals surface area contributed by atoms with E-state index in [-0.39, 0.29) is 17.0 Å². The van der Waals surface area contributed by atoms with Gasteiger partial charge in [-0.3, -0.25) is 14.6 Å². The molecule has 1 N–H and O–H groups in total. The highest BCUT2D eigenvalue weighted by Crippen LogP contribution is 2.35. The molecule has 1 aliphatic rings. The van der Waals surface area contributed by atoms with E-state index in [9.17, 15) is 9.59 Å². The summed E-state index contributed by atoms with van der Waals surface area (Å²) in [4.78, 5) is 33.7. The third-order valence-electron chi connectivity index (χ3n) is 5.77. The molecule has 150 valence electrons. The van der Waals surface area contributed by atoms with Crippen molar-refractivity contribution >= 4 is 28.2 Å². The molecule has 1 aliphatic carbocycles. The van der Waals surface area contributed by atoms with Crippen LogP contribution in [-0.4, -0.2) is 28.8 Å². The number of nitrogens with one attached hydrogen (secondary N) is 1. The number of hydrogen-bond acceptors (Lipinski definition) is 3. The van der Waals surface area contributed by atoms with E-state index in [0.29, 0.717) is 19.4 Å². The minimum atomic E-state index is -0.608. The van der Waals surface area contributed by atoms with Gasteiger partial charge in [-0.15, -0.1) is 0 Å². The van der Waals surface area contributed by atoms with Crippen molar-refractivity contribution in [2.75, 3.05) is 6.54 Å². The Hall–Kier alpha value is -2.23. The van der Waals surface area contributed by atoms with Gasteiger partial charge in [-0.2, -0.15) is 0 Å². The average Bonchev–Trinajstić information content (AvgIpc) is 2.93. The molecule has 1 saturated carbocycles. The van der Waals surface area contributed by atoms with Crippen LogP contribution >= 0.6 is 0 Å². The lowest BCUT2D eigenvalue weighted by molar-refractivity contribution is -0.136. The number of nitrogens with zero attached hydrogens (tertiary/aromatic N) is 1. The van der Waals surface area contributed by atoms with Gasteiger partial charge in [-0.05, 0) is 43.2 Å². The number of aromatic nitrogens is 1. The van der Waals surface area contributed by atoms with Crippen LogP contribution in [0.5, 0.6) is 0 Å². The number of Topliss-reactive ketones (excluding diaryl/α,β-unsaturated/α-hetero) is 2. The molecule has 0 spiro atoms. The van der Waals surface area contributed by atoms with Gasteiger partial charge < -0.3 is 4.98 Å². The van der Waals surface area contributed by atoms with Crippen molar-refractivity contribution in [1.82, 2.24) is 4.98 Å². The first-order valence-electron chi connectivity index (χ1n) is 10.5. The van der Waals surface area contributed by atoms with Crippen molar-refractivity contribution in [3.05, 3.63) is 35.5 Å². The Balaban J connectivity index is 1.80. The summed E-state index contributed by atoms with van der Waals surface area (Å²) < 4.78 is 0. The topological polar surface area (TPSA) is 62.3 Å². The molecule has 4 heteroatoms. The summed E-state index contributed by atoms with van der Waals surface area (Å²) in [5, 5.41) is 1.23. The zero-order chi connectivity index (χ0) is 20.3. The van der Waals surface area contributed by atoms with Gasteiger partial charge in [0.25, 0.3) is 0 Å². The number of para-hydroxylation sites is 1. The molecule has 3 rings (SSSR count). The van der Waals surface area contributed by atoms with Gasteiger partial charge in [0, 0.05) is 41.7 Å². The smallest absolute Gasteiger partial charge is 0.149 e. The lowest BCUT2D eigenvalue weighted by atomic mass is 9.69. The van der Waals surface area contributed by atoms with Gasteiger partial charge in [0.05, 0.1) is 0 Å². The third-order valence-corrected chi connectivity index (χ3v) is 5.77. The van der Waals surface area contributed by atoms with Crippen molar-refractivity contribution in [3.8, 4) is 0 Å². The molecule has 2 aromatic rings. The fourth-order valence-corrected chi connectivity index (χ4v) is 4.40. The number of unbranched alkanes of at least 4 members (excludes halogenated alkanes) is 1. The highest BCUT2D eigenvalue weighted by atomic mass is 16.2. The van der Waals surface area contributed by atoms with Crippen LogP contribution in [0.4, 0.5) is 0 Å². The Kier molecular flexibility index (Phi) is 6.17. The Labute approximate surface area is 167 Å². The van der Waals surface area contributed by atoms with Crippen molar-refractivity contribution in [2.24, 2.45) is 16.3 Å². The first-order chi connectivity index (χ1) is 13.3. The first kappa shape index (κ1) is 20.5. The van der Waals surface area contributed by atoms with E-state index >= 15 is 0 Å². The molecule has 0 atom stereocenters. The number of aromatic amines is 1. The van der Waals surface area contributed by atoms with Crippen molar-refractivity contribution in [1.29, 1.82) is 0 Å². The number of H-pyrrole nitrogens is 1. The van der Waals surface area contributed by atoms with Crippen LogP contribution in [-0.2, 0) is 16.0 Å². The maximum Gasteiger partial charge on any atom is 0.149 e. The van der Waals surface area contributed by atoms with Crippen molar-refractivity contribution in [3.63, 3.8) is 0 Å². The molecule has 4 nitrogen and oxygen atoms in total. The molecular formula is C24H32N2O2. The van der Waals surface area contributed by atoms with E-state index in [1.807, 2.05) is 19.9 Å². The van der Waals surface area contributed by atoms with E-state index in [2.05, 4.69) is 37.0 Å². The standard InChI is InChI=1S/C24H32N2O2/c1-5-6-10-20(23-21(27)14-24(3,4)15-22(23)28)25-13-12-17-16(2)26-19-11-8-7-9-18(17)19/h7-9,11,23,26H,5-6,10,12-15H2,1-4H3. The summed E-state index contributed by atoms with van der Waals surface area (Å²) in [6, 6.07) is 8.30. The molecule has 1 aromatic carbocycles. The number of carbonyl (C=O) groups is 2. The van der Waals surface area contributed by atoms with Gasteiger partial charge in [-0.25, -0.2) is 0 Å². The number of aryl methyl sites for hydroxylation is 1. The molecule has 0 unspecified atom stereocenters.